The SMILES string of the molecule is NCC(CO)COc1sncc1NC(=O)c1ccc(C(F)(F)F)c(-c2c(F)cccc2F)n1. The van der Waals surface area contributed by atoms with Crippen molar-refractivity contribution in [2.24, 2.45) is 11.7 Å². The quantitative estimate of drug-likeness (QED) is 0.417. The normalized spacial score (nSPS) is 12.5. The zero-order valence-corrected chi connectivity index (χ0v) is 17.5. The number of halogens is 5. The number of rotatable bonds is 8. The van der Waals surface area contributed by atoms with Gasteiger partial charge in [0.05, 0.1) is 36.2 Å². The second-order valence-corrected chi connectivity index (χ2v) is 7.53. The molecule has 176 valence electrons. The molecule has 0 saturated heterocycles. The molecule has 1 unspecified atom stereocenters. The molecule has 3 rings (SSSR count). The molecule has 0 bridgehead atoms. The van der Waals surface area contributed by atoms with E-state index in [9.17, 15) is 31.9 Å². The van der Waals surface area contributed by atoms with Crippen molar-refractivity contribution in [1.29, 1.82) is 0 Å². The molecule has 1 atom stereocenters. The summed E-state index contributed by atoms with van der Waals surface area (Å²) in [4.78, 5) is 16.3. The van der Waals surface area contributed by atoms with Crippen LogP contribution < -0.4 is 15.8 Å². The van der Waals surface area contributed by atoms with Gasteiger partial charge in [0.15, 0.2) is 0 Å². The van der Waals surface area contributed by atoms with Gasteiger partial charge in [-0.05, 0) is 24.3 Å². The molecular formula is C20H17F5N4O3S. The molecule has 4 N–H and O–H groups in total. The van der Waals surface area contributed by atoms with Crippen LogP contribution in [0.15, 0.2) is 36.5 Å². The number of ether oxygens (including phenoxy) is 1. The summed E-state index contributed by atoms with van der Waals surface area (Å²) in [6.45, 7) is -0.0307. The predicted octanol–water partition coefficient (Wildman–Crippen LogP) is 3.70. The van der Waals surface area contributed by atoms with Crippen molar-refractivity contribution in [2.75, 3.05) is 25.1 Å². The molecule has 13 heteroatoms. The van der Waals surface area contributed by atoms with Crippen LogP contribution in [0.4, 0.5) is 27.6 Å². The highest BCUT2D eigenvalue weighted by Crippen LogP contribution is 2.38. The van der Waals surface area contributed by atoms with E-state index in [0.29, 0.717) is 6.07 Å². The number of aromatic nitrogens is 2. The van der Waals surface area contributed by atoms with Gasteiger partial charge < -0.3 is 20.9 Å². The van der Waals surface area contributed by atoms with Crippen LogP contribution in [-0.2, 0) is 6.18 Å². The van der Waals surface area contributed by atoms with E-state index < -0.39 is 46.2 Å². The van der Waals surface area contributed by atoms with E-state index in [1.54, 1.807) is 0 Å². The largest absolute Gasteiger partial charge is 0.481 e. The number of carbonyl (C=O) groups excluding carboxylic acids is 1. The first-order chi connectivity index (χ1) is 15.7. The number of aliphatic hydroxyl groups is 1. The van der Waals surface area contributed by atoms with Crippen molar-refractivity contribution in [3.05, 3.63) is 59.4 Å². The van der Waals surface area contributed by atoms with Gasteiger partial charge in [0.2, 0.25) is 5.06 Å². The fourth-order valence-corrected chi connectivity index (χ4v) is 3.30. The van der Waals surface area contributed by atoms with E-state index in [2.05, 4.69) is 14.7 Å². The van der Waals surface area contributed by atoms with Crippen LogP contribution in [0.25, 0.3) is 11.3 Å². The smallest absolute Gasteiger partial charge is 0.418 e. The average Bonchev–Trinajstić information content (AvgIpc) is 3.20. The number of pyridine rings is 1. The number of alkyl halides is 3. The van der Waals surface area contributed by atoms with Crippen LogP contribution in [0.1, 0.15) is 16.1 Å². The lowest BCUT2D eigenvalue weighted by molar-refractivity contribution is -0.137. The summed E-state index contributed by atoms with van der Waals surface area (Å²) >= 11 is 0.882. The minimum atomic E-state index is -4.98. The number of benzene rings is 1. The lowest BCUT2D eigenvalue weighted by Crippen LogP contribution is -2.24. The molecule has 0 saturated carbocycles. The number of hydrogen-bond acceptors (Lipinski definition) is 7. The van der Waals surface area contributed by atoms with Gasteiger partial charge in [0.1, 0.15) is 23.0 Å². The van der Waals surface area contributed by atoms with E-state index in [1.165, 1.54) is 6.20 Å². The Bertz CT molecular complexity index is 1110. The summed E-state index contributed by atoms with van der Waals surface area (Å²) in [5.74, 6) is -3.84. The van der Waals surface area contributed by atoms with Gasteiger partial charge in [-0.3, -0.25) is 4.79 Å². The molecule has 0 aliphatic rings. The van der Waals surface area contributed by atoms with Gasteiger partial charge in [-0.25, -0.2) is 13.8 Å². The molecule has 3 aromatic rings. The predicted molar refractivity (Wildman–Crippen MR) is 110 cm³/mol. The average molecular weight is 488 g/mol. The summed E-state index contributed by atoms with van der Waals surface area (Å²) < 4.78 is 78.1. The third-order valence-electron chi connectivity index (χ3n) is 4.46. The molecule has 0 aliphatic heterocycles. The number of aliphatic hydroxyl groups excluding tert-OH is 1. The second-order valence-electron chi connectivity index (χ2n) is 6.76. The standard InChI is InChI=1S/C20H17F5N4O3S/c21-12-2-1-3-13(22)16(12)17-11(20(23,24)25)4-5-14(28-17)18(31)29-15-7-27-33-19(15)32-9-10(6-26)8-30/h1-5,7,10,30H,6,8-9,26H2,(H,29,31). The fraction of sp³-hybridized carbons (Fsp3) is 0.250. The first-order valence-corrected chi connectivity index (χ1v) is 10.1. The highest BCUT2D eigenvalue weighted by Gasteiger charge is 2.36. The van der Waals surface area contributed by atoms with Crippen LogP contribution in [0.3, 0.4) is 0 Å². The Morgan fingerprint density at radius 2 is 1.91 bits per heavy atom. The summed E-state index contributed by atoms with van der Waals surface area (Å²) in [7, 11) is 0. The first kappa shape index (κ1) is 24.5. The molecular weight excluding hydrogens is 471 g/mol. The molecule has 1 amide bonds. The minimum Gasteiger partial charge on any atom is -0.481 e. The Hall–Kier alpha value is -3.16. The number of hydrogen-bond donors (Lipinski definition) is 3. The number of amides is 1. The van der Waals surface area contributed by atoms with Gasteiger partial charge in [0, 0.05) is 24.0 Å². The summed E-state index contributed by atoms with van der Waals surface area (Å²) in [6, 6.07) is 3.88. The number of carbonyl (C=O) groups is 1. The molecule has 0 fully saturated rings. The first-order valence-electron chi connectivity index (χ1n) is 9.38. The van der Waals surface area contributed by atoms with Crippen LogP contribution >= 0.6 is 11.5 Å². The Labute approximate surface area is 188 Å². The summed E-state index contributed by atoms with van der Waals surface area (Å²) in [5.41, 5.74) is 1.60. The molecule has 2 aromatic heterocycles. The molecule has 0 spiro atoms. The third-order valence-corrected chi connectivity index (χ3v) is 5.17. The van der Waals surface area contributed by atoms with E-state index in [1.807, 2.05) is 0 Å². The lowest BCUT2D eigenvalue weighted by atomic mass is 10.0. The number of anilines is 1. The molecule has 1 aromatic carbocycles. The Balaban J connectivity index is 1.92. The third kappa shape index (κ3) is 5.61. The van der Waals surface area contributed by atoms with E-state index in [4.69, 9.17) is 10.5 Å². The topological polar surface area (TPSA) is 110 Å². The van der Waals surface area contributed by atoms with Gasteiger partial charge in [-0.1, -0.05) is 6.07 Å². The molecule has 0 radical (unpaired) electrons. The van der Waals surface area contributed by atoms with E-state index in [-0.39, 0.29) is 36.4 Å². The van der Waals surface area contributed by atoms with Crippen molar-refractivity contribution in [2.45, 2.75) is 6.18 Å². The zero-order valence-electron chi connectivity index (χ0n) is 16.7. The van der Waals surface area contributed by atoms with Crippen LogP contribution in [0.5, 0.6) is 5.06 Å². The molecule has 7 nitrogen and oxygen atoms in total. The van der Waals surface area contributed by atoms with Crippen molar-refractivity contribution in [1.82, 2.24) is 9.36 Å². The maximum Gasteiger partial charge on any atom is 0.418 e. The van der Waals surface area contributed by atoms with Gasteiger partial charge in [-0.2, -0.15) is 17.5 Å². The Morgan fingerprint density at radius 1 is 1.21 bits per heavy atom. The van der Waals surface area contributed by atoms with Gasteiger partial charge in [0.25, 0.3) is 5.91 Å². The minimum absolute atomic E-state index is 0.0350. The molecule has 33 heavy (non-hydrogen) atoms. The van der Waals surface area contributed by atoms with Crippen LogP contribution in [-0.4, -0.2) is 40.1 Å². The Morgan fingerprint density at radius 3 is 2.52 bits per heavy atom. The Kier molecular flexibility index (Phi) is 7.56. The number of nitrogens with two attached hydrogens (primary N) is 1. The highest BCUT2D eigenvalue weighted by molar-refractivity contribution is 7.08. The fourth-order valence-electron chi connectivity index (χ4n) is 2.72. The zero-order chi connectivity index (χ0) is 24.2. The number of nitrogens with zero attached hydrogens (tertiary/aromatic N) is 2. The van der Waals surface area contributed by atoms with E-state index >= 15 is 0 Å². The maximum atomic E-state index is 14.2. The van der Waals surface area contributed by atoms with E-state index in [0.717, 1.165) is 35.8 Å². The summed E-state index contributed by atoms with van der Waals surface area (Å²) in [6.07, 6.45) is -3.73. The van der Waals surface area contributed by atoms with Crippen molar-refractivity contribution >= 4 is 23.1 Å². The number of nitrogens with one attached hydrogen (secondary N) is 1. The second kappa shape index (κ2) is 10.2. The molecule has 2 heterocycles. The molecule has 0 aliphatic carbocycles. The van der Waals surface area contributed by atoms with Gasteiger partial charge >= 0.3 is 6.18 Å². The van der Waals surface area contributed by atoms with Crippen molar-refractivity contribution in [3.8, 4) is 16.3 Å². The van der Waals surface area contributed by atoms with Crippen LogP contribution in [0, 0.1) is 17.6 Å². The lowest BCUT2D eigenvalue weighted by Gasteiger charge is -2.15. The van der Waals surface area contributed by atoms with Crippen molar-refractivity contribution in [3.63, 3.8) is 0 Å². The van der Waals surface area contributed by atoms with Crippen LogP contribution in [0.2, 0.25) is 0 Å². The van der Waals surface area contributed by atoms with Crippen molar-refractivity contribution < 1.29 is 36.6 Å². The maximum absolute atomic E-state index is 14.2. The summed E-state index contributed by atoms with van der Waals surface area (Å²) in [5, 5.41) is 11.7. The monoisotopic (exact) mass is 488 g/mol. The van der Waals surface area contributed by atoms with Gasteiger partial charge in [-0.15, -0.1) is 0 Å². The highest BCUT2D eigenvalue weighted by atomic mass is 32.1.